The van der Waals surface area contributed by atoms with Crippen LogP contribution in [-0.4, -0.2) is 54.1 Å². The predicted molar refractivity (Wildman–Crippen MR) is 95.9 cm³/mol. The van der Waals surface area contributed by atoms with Crippen LogP contribution in [0.4, 0.5) is 14.5 Å². The standard InChI is InChI=1S/C17H22F2N4O2S/c18-17(19)9-23(10-17)14-4-3-13(20-16(14)25-7-11-1-2-11)15(24)22-21-12-5-6-26-8-12/h3-4,11-12,21H,1-2,5-10H2,(H,22,24). The molecule has 0 spiro atoms. The number of hydrazine groups is 1. The lowest BCUT2D eigenvalue weighted by atomic mass is 10.1. The molecule has 26 heavy (non-hydrogen) atoms. The third kappa shape index (κ3) is 4.20. The van der Waals surface area contributed by atoms with E-state index >= 15 is 0 Å². The number of amides is 1. The van der Waals surface area contributed by atoms with Crippen molar-refractivity contribution in [3.63, 3.8) is 0 Å². The smallest absolute Gasteiger partial charge is 0.284 e. The third-order valence-corrected chi connectivity index (χ3v) is 5.89. The van der Waals surface area contributed by atoms with Crippen molar-refractivity contribution in [2.24, 2.45) is 5.92 Å². The summed E-state index contributed by atoms with van der Waals surface area (Å²) in [6, 6.07) is 3.46. The average molecular weight is 384 g/mol. The Morgan fingerprint density at radius 1 is 1.35 bits per heavy atom. The van der Waals surface area contributed by atoms with Gasteiger partial charge in [-0.25, -0.2) is 19.2 Å². The second kappa shape index (κ2) is 7.19. The van der Waals surface area contributed by atoms with Crippen LogP contribution in [0.3, 0.4) is 0 Å². The fourth-order valence-electron chi connectivity index (χ4n) is 2.95. The Morgan fingerprint density at radius 2 is 2.15 bits per heavy atom. The van der Waals surface area contributed by atoms with E-state index in [9.17, 15) is 13.6 Å². The average Bonchev–Trinajstić information content (AvgIpc) is 3.28. The first-order valence-corrected chi connectivity index (χ1v) is 10.1. The quantitative estimate of drug-likeness (QED) is 0.702. The van der Waals surface area contributed by atoms with Crippen LogP contribution in [0.5, 0.6) is 5.88 Å². The molecule has 6 nitrogen and oxygen atoms in total. The van der Waals surface area contributed by atoms with Gasteiger partial charge in [0, 0.05) is 11.8 Å². The number of thioether (sulfide) groups is 1. The number of anilines is 1. The topological polar surface area (TPSA) is 66.5 Å². The molecule has 3 aliphatic rings. The number of nitrogens with one attached hydrogen (secondary N) is 2. The maximum absolute atomic E-state index is 13.2. The van der Waals surface area contributed by atoms with Gasteiger partial charge < -0.3 is 9.64 Å². The molecular formula is C17H22F2N4O2S. The van der Waals surface area contributed by atoms with E-state index < -0.39 is 5.92 Å². The van der Waals surface area contributed by atoms with Crippen molar-refractivity contribution >= 4 is 23.4 Å². The first kappa shape index (κ1) is 17.8. The van der Waals surface area contributed by atoms with Crippen LogP contribution in [0.15, 0.2) is 12.1 Å². The van der Waals surface area contributed by atoms with Crippen molar-refractivity contribution in [3.8, 4) is 5.88 Å². The molecule has 0 bridgehead atoms. The summed E-state index contributed by atoms with van der Waals surface area (Å²) < 4.78 is 32.2. The summed E-state index contributed by atoms with van der Waals surface area (Å²) in [6.07, 6.45) is 3.23. The lowest BCUT2D eigenvalue weighted by molar-refractivity contribution is -0.0265. The molecule has 1 amide bonds. The minimum absolute atomic E-state index is 0.213. The molecule has 1 saturated carbocycles. The first-order valence-electron chi connectivity index (χ1n) is 8.90. The van der Waals surface area contributed by atoms with E-state index in [0.717, 1.165) is 30.8 Å². The summed E-state index contributed by atoms with van der Waals surface area (Å²) >= 11 is 1.84. The lowest BCUT2D eigenvalue weighted by Gasteiger charge is -2.40. The lowest BCUT2D eigenvalue weighted by Crippen LogP contribution is -2.56. The Balaban J connectivity index is 1.44. The van der Waals surface area contributed by atoms with Gasteiger partial charge in [-0.3, -0.25) is 10.2 Å². The van der Waals surface area contributed by atoms with Gasteiger partial charge in [-0.15, -0.1) is 0 Å². The van der Waals surface area contributed by atoms with E-state index in [1.54, 1.807) is 12.1 Å². The van der Waals surface area contributed by atoms with Crippen molar-refractivity contribution < 1.29 is 18.3 Å². The van der Waals surface area contributed by atoms with Gasteiger partial charge >= 0.3 is 0 Å². The first-order chi connectivity index (χ1) is 12.5. The highest BCUT2D eigenvalue weighted by atomic mass is 32.2. The number of nitrogens with zero attached hydrogens (tertiary/aromatic N) is 2. The molecule has 0 aromatic carbocycles. The molecule has 9 heteroatoms. The normalized spacial score (nSPS) is 24.2. The second-order valence-corrected chi connectivity index (χ2v) is 8.30. The van der Waals surface area contributed by atoms with Gasteiger partial charge in [0.2, 0.25) is 5.88 Å². The Bertz CT molecular complexity index is 673. The third-order valence-electron chi connectivity index (χ3n) is 4.73. The number of alkyl halides is 2. The Morgan fingerprint density at radius 3 is 2.81 bits per heavy atom. The molecule has 142 valence electrons. The molecule has 1 aliphatic carbocycles. The van der Waals surface area contributed by atoms with Crippen molar-refractivity contribution in [2.45, 2.75) is 31.2 Å². The Labute approximate surface area is 155 Å². The van der Waals surface area contributed by atoms with E-state index in [1.807, 2.05) is 11.8 Å². The number of aromatic nitrogens is 1. The molecule has 3 heterocycles. The molecule has 3 fully saturated rings. The SMILES string of the molecule is O=C(NNC1CCSC1)c1ccc(N2CC(F)(F)C2)c(OCC2CC2)n1. The molecule has 1 aromatic heterocycles. The van der Waals surface area contributed by atoms with Crippen LogP contribution in [0.2, 0.25) is 0 Å². The summed E-state index contributed by atoms with van der Waals surface area (Å²) in [4.78, 5) is 18.2. The van der Waals surface area contributed by atoms with E-state index in [0.29, 0.717) is 18.2 Å². The number of carbonyl (C=O) groups is 1. The highest BCUT2D eigenvalue weighted by molar-refractivity contribution is 7.99. The van der Waals surface area contributed by atoms with Crippen LogP contribution in [0.1, 0.15) is 29.8 Å². The van der Waals surface area contributed by atoms with Gasteiger partial charge in [0.05, 0.1) is 19.7 Å². The minimum Gasteiger partial charge on any atom is -0.476 e. The Hall–Kier alpha value is -1.61. The fraction of sp³-hybridized carbons (Fsp3) is 0.647. The molecule has 2 saturated heterocycles. The van der Waals surface area contributed by atoms with Crippen LogP contribution in [0.25, 0.3) is 0 Å². The highest BCUT2D eigenvalue weighted by Gasteiger charge is 2.45. The molecule has 4 rings (SSSR count). The van der Waals surface area contributed by atoms with E-state index in [2.05, 4.69) is 15.8 Å². The van der Waals surface area contributed by atoms with Gasteiger partial charge in [0.15, 0.2) is 0 Å². The van der Waals surface area contributed by atoms with Crippen molar-refractivity contribution in [3.05, 3.63) is 17.8 Å². The van der Waals surface area contributed by atoms with E-state index in [-0.39, 0.29) is 36.6 Å². The predicted octanol–water partition coefficient (Wildman–Crippen LogP) is 2.07. The van der Waals surface area contributed by atoms with Crippen LogP contribution < -0.4 is 20.5 Å². The zero-order chi connectivity index (χ0) is 18.1. The van der Waals surface area contributed by atoms with E-state index in [4.69, 9.17) is 4.74 Å². The highest BCUT2D eigenvalue weighted by Crippen LogP contribution is 2.37. The van der Waals surface area contributed by atoms with E-state index in [1.165, 1.54) is 4.90 Å². The van der Waals surface area contributed by atoms with Crippen molar-refractivity contribution in [1.82, 2.24) is 15.8 Å². The van der Waals surface area contributed by atoms with Crippen molar-refractivity contribution in [2.75, 3.05) is 36.1 Å². The molecule has 1 atom stereocenters. The van der Waals surface area contributed by atoms with Gasteiger partial charge in [-0.05, 0) is 43.1 Å². The number of rotatable bonds is 7. The minimum atomic E-state index is -2.67. The molecule has 1 aromatic rings. The number of ether oxygens (including phenoxy) is 1. The van der Waals surface area contributed by atoms with Crippen LogP contribution in [0, 0.1) is 5.92 Å². The summed E-state index contributed by atoms with van der Waals surface area (Å²) in [5.41, 5.74) is 6.43. The molecule has 2 N–H and O–H groups in total. The zero-order valence-corrected chi connectivity index (χ0v) is 15.2. The summed E-state index contributed by atoms with van der Waals surface area (Å²) in [5.74, 6) is -0.213. The number of hydrogen-bond donors (Lipinski definition) is 2. The number of pyridine rings is 1. The largest absolute Gasteiger partial charge is 0.476 e. The molecule has 2 aliphatic heterocycles. The number of hydrogen-bond acceptors (Lipinski definition) is 6. The van der Waals surface area contributed by atoms with Gasteiger partial charge in [0.1, 0.15) is 11.4 Å². The Kier molecular flexibility index (Phi) is 4.92. The monoisotopic (exact) mass is 384 g/mol. The molecular weight excluding hydrogens is 362 g/mol. The van der Waals surface area contributed by atoms with Gasteiger partial charge in [-0.2, -0.15) is 11.8 Å². The maximum Gasteiger partial charge on any atom is 0.284 e. The number of carbonyl (C=O) groups excluding carboxylic acids is 1. The van der Waals surface area contributed by atoms with Gasteiger partial charge in [0.25, 0.3) is 11.8 Å². The molecule has 0 radical (unpaired) electrons. The van der Waals surface area contributed by atoms with Crippen LogP contribution in [-0.2, 0) is 0 Å². The molecule has 1 unspecified atom stereocenters. The maximum atomic E-state index is 13.2. The summed E-state index contributed by atoms with van der Waals surface area (Å²) in [7, 11) is 0. The van der Waals surface area contributed by atoms with Crippen molar-refractivity contribution in [1.29, 1.82) is 0 Å². The van der Waals surface area contributed by atoms with Gasteiger partial charge in [-0.1, -0.05) is 0 Å². The zero-order valence-electron chi connectivity index (χ0n) is 14.3. The second-order valence-electron chi connectivity index (χ2n) is 7.15. The fourth-order valence-corrected chi connectivity index (χ4v) is 4.10. The summed E-state index contributed by atoms with van der Waals surface area (Å²) in [6.45, 7) is -0.186. The summed E-state index contributed by atoms with van der Waals surface area (Å²) in [5, 5.41) is 0. The number of halogens is 2. The van der Waals surface area contributed by atoms with Crippen LogP contribution >= 0.6 is 11.8 Å².